The normalized spacial score (nSPS) is 18.5. The van der Waals surface area contributed by atoms with Crippen LogP contribution in [0.3, 0.4) is 0 Å². The highest BCUT2D eigenvalue weighted by atomic mass is 16.6. The van der Waals surface area contributed by atoms with Crippen molar-refractivity contribution in [1.29, 1.82) is 0 Å². The Morgan fingerprint density at radius 2 is 1.34 bits per heavy atom. The van der Waals surface area contributed by atoms with Gasteiger partial charge in [0.05, 0.1) is 82.2 Å². The number of ether oxygens (including phenoxy) is 6. The third kappa shape index (κ3) is 16.7. The van der Waals surface area contributed by atoms with E-state index in [1.807, 2.05) is 36.5 Å². The molecule has 27 heteroatoms. The van der Waals surface area contributed by atoms with Crippen LogP contribution >= 0.6 is 0 Å². The molecule has 97 heavy (non-hydrogen) atoms. The average molecular weight is 1340 g/mol. The highest BCUT2D eigenvalue weighted by molar-refractivity contribution is 6.13. The fourth-order valence-corrected chi connectivity index (χ4v) is 12.5. The number of nitrogens with zero attached hydrogens (tertiary/aromatic N) is 4. The summed E-state index contributed by atoms with van der Waals surface area (Å²) >= 11 is 0. The summed E-state index contributed by atoms with van der Waals surface area (Å²) in [5.41, 5.74) is 4.19. The van der Waals surface area contributed by atoms with E-state index in [4.69, 9.17) is 28.4 Å². The Morgan fingerprint density at radius 1 is 0.691 bits per heavy atom. The van der Waals surface area contributed by atoms with Crippen LogP contribution in [0.25, 0.3) is 5.57 Å². The van der Waals surface area contributed by atoms with Crippen molar-refractivity contribution in [3.8, 4) is 28.7 Å². The second-order valence-corrected chi connectivity index (χ2v) is 25.4. The molecule has 6 aliphatic rings. The number of fused-ring (bicyclic) bond motifs is 4. The highest BCUT2D eigenvalue weighted by Gasteiger charge is 2.58. The topological polar surface area (TPSA) is 331 Å². The van der Waals surface area contributed by atoms with Crippen LogP contribution in [0, 0.1) is 11.3 Å². The van der Waals surface area contributed by atoms with E-state index in [0.29, 0.717) is 105 Å². The number of unbranched alkanes of at least 4 members (excludes halogenated alkanes) is 4. The molecule has 0 aromatic heterocycles. The summed E-state index contributed by atoms with van der Waals surface area (Å²) in [5.74, 6) is -2.40. The number of hydrogen-bond acceptors (Lipinski definition) is 18. The average Bonchev–Trinajstić information content (AvgIpc) is 1.56. The molecule has 4 aromatic rings. The Hall–Kier alpha value is -10.2. The fraction of sp³-hybridized carbons (Fsp3) is 0.457. The van der Waals surface area contributed by atoms with Crippen molar-refractivity contribution in [2.24, 2.45) is 11.3 Å². The molecule has 5 aliphatic heterocycles. The van der Waals surface area contributed by atoms with Crippen molar-refractivity contribution >= 4 is 81.9 Å². The van der Waals surface area contributed by atoms with E-state index in [9.17, 15) is 53.1 Å². The first kappa shape index (κ1) is 69.6. The zero-order valence-corrected chi connectivity index (χ0v) is 55.3. The zero-order chi connectivity index (χ0) is 69.1. The lowest BCUT2D eigenvalue weighted by Crippen LogP contribution is -2.55. The van der Waals surface area contributed by atoms with Crippen molar-refractivity contribution in [2.75, 3.05) is 82.8 Å². The molecule has 1 aliphatic carbocycles. The molecule has 516 valence electrons. The minimum atomic E-state index is -1.47. The molecule has 4 aromatic carbocycles. The Labute approximate surface area is 561 Å². The molecule has 7 N–H and O–H groups in total. The number of aliphatic hydroxyl groups excluding tert-OH is 1. The maximum Gasteiger partial charge on any atom is 0.416 e. The van der Waals surface area contributed by atoms with Crippen LogP contribution in [-0.2, 0) is 44.9 Å². The molecule has 27 nitrogen and oxygen atoms in total. The Bertz CT molecular complexity index is 3700. The van der Waals surface area contributed by atoms with Crippen LogP contribution in [0.15, 0.2) is 91.1 Å². The van der Waals surface area contributed by atoms with Gasteiger partial charge >= 0.3 is 6.09 Å². The first-order chi connectivity index (χ1) is 46.7. The summed E-state index contributed by atoms with van der Waals surface area (Å²) in [6.45, 7) is 5.52. The van der Waals surface area contributed by atoms with Crippen molar-refractivity contribution in [3.63, 3.8) is 0 Å². The third-order valence-electron chi connectivity index (χ3n) is 18.2. The van der Waals surface area contributed by atoms with E-state index in [2.05, 4.69) is 31.9 Å². The first-order valence-electron chi connectivity index (χ1n) is 32.8. The van der Waals surface area contributed by atoms with E-state index in [1.165, 1.54) is 45.4 Å². The third-order valence-corrected chi connectivity index (χ3v) is 18.2. The SMILES string of the molecule is COc1ccc(C2=CN3C(=O)c4cc(OC)c(OCCCCCOc5cc6c(cc5OC)C(=O)N5CC7(CC7)C[C@H]5[C@@H](O)N6C(=O)OCc5ccc(NC(=O)[C@H](C)NC(=O)[C@@H](NC(=O)CNC(=O)CNC(=O)CCCCCN6C(=O)C=CC6=O)C(C)C)cc5)cc4NC[C@@H]3C2)cc1. The Morgan fingerprint density at radius 3 is 2.00 bits per heavy atom. The largest absolute Gasteiger partial charge is 0.497 e. The standard InChI is InChI=1S/C70H84N10O17/c1-41(2)63(76-60(83)37-73-59(82)36-72-58(81)13-9-7-10-26-77-61(84)22-23-62(77)85)65(87)74-42(3)64(86)75-46-18-14-43(15-19-46)39-97-69(91)80-52-33-57(55(94-6)31-50(52)67(89)79-40-70(24-25-70)34-53(79)68(80)90)96-28-12-8-11-27-95-56-32-51-49(30-54(56)93-5)66(88)78-38-45(29-47(78)35-71-51)44-16-20-48(92-4)21-17-44/h14-23,30-33,38,41-42,47,53,63,68,71,90H,7-13,24-29,34-37,39-40H2,1-6H3,(H,72,81)(H,73,82)(H,74,87)(H,75,86)(H,76,83)/t42-,47-,53-,63-,68+/m0/s1. The van der Waals surface area contributed by atoms with Crippen LogP contribution < -0.4 is 60.5 Å². The monoisotopic (exact) mass is 1340 g/mol. The molecule has 0 radical (unpaired) electrons. The van der Waals surface area contributed by atoms with Gasteiger partial charge < -0.3 is 75.2 Å². The van der Waals surface area contributed by atoms with Crippen molar-refractivity contribution < 1.29 is 81.5 Å². The number of benzene rings is 4. The summed E-state index contributed by atoms with van der Waals surface area (Å²) < 4.78 is 35.2. The minimum Gasteiger partial charge on any atom is -0.497 e. The van der Waals surface area contributed by atoms with E-state index in [0.717, 1.165) is 39.5 Å². The summed E-state index contributed by atoms with van der Waals surface area (Å²) in [7, 11) is 4.62. The number of methoxy groups -OCH3 is 3. The lowest BCUT2D eigenvalue weighted by atomic mass is 10.0. The molecule has 2 fully saturated rings. The van der Waals surface area contributed by atoms with Gasteiger partial charge in [0.1, 0.15) is 24.4 Å². The second-order valence-electron chi connectivity index (χ2n) is 25.4. The van der Waals surface area contributed by atoms with Gasteiger partial charge in [-0.3, -0.25) is 48.1 Å². The van der Waals surface area contributed by atoms with Crippen molar-refractivity contribution in [3.05, 3.63) is 113 Å². The van der Waals surface area contributed by atoms with Gasteiger partial charge in [0.25, 0.3) is 23.6 Å². The molecule has 0 unspecified atom stereocenters. The van der Waals surface area contributed by atoms with Gasteiger partial charge in [-0.15, -0.1) is 0 Å². The molecular formula is C70H84N10O17. The van der Waals surface area contributed by atoms with Crippen LogP contribution in [0.4, 0.5) is 21.9 Å². The summed E-state index contributed by atoms with van der Waals surface area (Å²) in [5, 5.41) is 28.4. The van der Waals surface area contributed by atoms with Crippen LogP contribution in [0.2, 0.25) is 0 Å². The van der Waals surface area contributed by atoms with E-state index in [-0.39, 0.29) is 96.5 Å². The number of nitrogens with one attached hydrogen (secondary N) is 6. The minimum absolute atomic E-state index is 0.0747. The van der Waals surface area contributed by atoms with E-state index in [1.54, 1.807) is 61.1 Å². The molecule has 1 saturated carbocycles. The molecule has 1 spiro atoms. The molecular weight excluding hydrogens is 1250 g/mol. The van der Waals surface area contributed by atoms with Gasteiger partial charge in [-0.05, 0) is 129 Å². The fourth-order valence-electron chi connectivity index (χ4n) is 12.5. The number of anilines is 3. The van der Waals surface area contributed by atoms with Crippen LogP contribution in [-0.4, -0.2) is 177 Å². The lowest BCUT2D eigenvalue weighted by molar-refractivity contribution is -0.137. The Kier molecular flexibility index (Phi) is 22.4. The van der Waals surface area contributed by atoms with Gasteiger partial charge in [-0.25, -0.2) is 9.69 Å². The summed E-state index contributed by atoms with van der Waals surface area (Å²) in [4.78, 5) is 136. The number of hydrogen-bond donors (Lipinski definition) is 7. The Balaban J connectivity index is 0.680. The van der Waals surface area contributed by atoms with Gasteiger partial charge in [0.15, 0.2) is 29.2 Å². The number of carbonyl (C=O) groups is 10. The smallest absolute Gasteiger partial charge is 0.416 e. The summed E-state index contributed by atoms with van der Waals surface area (Å²) in [6, 6.07) is 17.8. The number of carbonyl (C=O) groups excluding carboxylic acids is 10. The molecule has 0 bridgehead atoms. The van der Waals surface area contributed by atoms with Gasteiger partial charge in [-0.1, -0.05) is 44.5 Å². The van der Waals surface area contributed by atoms with Gasteiger partial charge in [-0.2, -0.15) is 0 Å². The number of rotatable bonds is 30. The van der Waals surface area contributed by atoms with Gasteiger partial charge in [0, 0.05) is 62.2 Å². The second kappa shape index (κ2) is 31.1. The quantitative estimate of drug-likeness (QED) is 0.0240. The van der Waals surface area contributed by atoms with E-state index >= 15 is 0 Å². The maximum absolute atomic E-state index is 14.5. The van der Waals surface area contributed by atoms with Crippen molar-refractivity contribution in [2.45, 2.75) is 128 Å². The first-order valence-corrected chi connectivity index (χ1v) is 32.8. The number of aliphatic hydroxyl groups is 1. The van der Waals surface area contributed by atoms with Crippen molar-refractivity contribution in [1.82, 2.24) is 36.0 Å². The predicted octanol–water partition coefficient (Wildman–Crippen LogP) is 5.79. The molecule has 10 amide bonds. The van der Waals surface area contributed by atoms with Crippen LogP contribution in [0.5, 0.6) is 28.7 Å². The molecule has 5 heterocycles. The predicted molar refractivity (Wildman–Crippen MR) is 354 cm³/mol. The highest BCUT2D eigenvalue weighted by Crippen LogP contribution is 2.57. The number of amides is 10. The molecule has 1 saturated heterocycles. The molecule has 10 rings (SSSR count). The molecule has 5 atom stereocenters. The lowest BCUT2D eigenvalue weighted by Gasteiger charge is -2.31. The van der Waals surface area contributed by atoms with Crippen LogP contribution in [0.1, 0.15) is 123 Å². The zero-order valence-electron chi connectivity index (χ0n) is 55.3. The summed E-state index contributed by atoms with van der Waals surface area (Å²) in [6.07, 6.45) is 8.56. The maximum atomic E-state index is 14.5. The van der Waals surface area contributed by atoms with E-state index < -0.39 is 66.5 Å². The van der Waals surface area contributed by atoms with Gasteiger partial charge in [0.2, 0.25) is 29.5 Å². The number of imide groups is 1.